The fraction of sp³-hybridized carbons (Fsp3) is 0.385. The zero-order valence-corrected chi connectivity index (χ0v) is 19.9. The van der Waals surface area contributed by atoms with Crippen LogP contribution in [0.4, 0.5) is 0 Å². The predicted molar refractivity (Wildman–Crippen MR) is 129 cm³/mol. The van der Waals surface area contributed by atoms with E-state index in [0.717, 1.165) is 53.7 Å². The van der Waals surface area contributed by atoms with Crippen molar-refractivity contribution in [1.82, 2.24) is 14.5 Å². The summed E-state index contributed by atoms with van der Waals surface area (Å²) in [7, 11) is 0. The van der Waals surface area contributed by atoms with Crippen LogP contribution in [0.3, 0.4) is 0 Å². The van der Waals surface area contributed by atoms with Gasteiger partial charge < -0.3 is 14.4 Å². The van der Waals surface area contributed by atoms with Gasteiger partial charge in [-0.15, -0.1) is 0 Å². The summed E-state index contributed by atoms with van der Waals surface area (Å²) < 4.78 is 13.7. The molecule has 0 aliphatic carbocycles. The average Bonchev–Trinajstić information content (AvgIpc) is 3.44. The summed E-state index contributed by atoms with van der Waals surface area (Å²) in [5.41, 5.74) is 4.69. The van der Waals surface area contributed by atoms with E-state index in [-0.39, 0.29) is 11.9 Å². The van der Waals surface area contributed by atoms with Gasteiger partial charge in [-0.2, -0.15) is 0 Å². The van der Waals surface area contributed by atoms with E-state index in [0.29, 0.717) is 19.0 Å². The van der Waals surface area contributed by atoms with Crippen molar-refractivity contribution < 1.29 is 14.3 Å². The second kappa shape index (κ2) is 9.51. The lowest BCUT2D eigenvalue weighted by molar-refractivity contribution is -0.129. The number of hydrogen-bond acceptors (Lipinski definition) is 5. The summed E-state index contributed by atoms with van der Waals surface area (Å²) in [4.78, 5) is 19.7. The lowest BCUT2D eigenvalue weighted by Gasteiger charge is -2.25. The summed E-state index contributed by atoms with van der Waals surface area (Å²) in [5, 5.41) is 0.831. The summed E-state index contributed by atoms with van der Waals surface area (Å²) in [5.74, 6) is 2.09. The van der Waals surface area contributed by atoms with Crippen molar-refractivity contribution in [3.8, 4) is 17.2 Å². The molecule has 0 radical (unpaired) electrons. The second-order valence-electron chi connectivity index (χ2n) is 8.64. The minimum atomic E-state index is 0.0785. The maximum absolute atomic E-state index is 13.2. The molecule has 0 spiro atoms. The van der Waals surface area contributed by atoms with Crippen molar-refractivity contribution in [2.24, 2.45) is 0 Å². The van der Waals surface area contributed by atoms with Gasteiger partial charge in [0.15, 0.2) is 16.7 Å². The molecular formula is C26H29N3O3S. The highest BCUT2D eigenvalue weighted by atomic mass is 32.2. The molecule has 6 nitrogen and oxygen atoms in total. The molecule has 2 aromatic carbocycles. The van der Waals surface area contributed by atoms with E-state index in [9.17, 15) is 4.79 Å². The highest BCUT2D eigenvalue weighted by molar-refractivity contribution is 7.99. The number of fused-ring (bicyclic) bond motifs is 1. The van der Waals surface area contributed by atoms with E-state index in [1.54, 1.807) is 6.20 Å². The number of ether oxygens (including phenoxy) is 2. The molecule has 3 aromatic rings. The van der Waals surface area contributed by atoms with Crippen LogP contribution in [0.2, 0.25) is 0 Å². The fourth-order valence-corrected chi connectivity index (χ4v) is 5.34. The number of nitrogens with zero attached hydrogens (tertiary/aromatic N) is 3. The van der Waals surface area contributed by atoms with E-state index >= 15 is 0 Å². The van der Waals surface area contributed by atoms with E-state index in [1.807, 2.05) is 17.2 Å². The number of amides is 1. The van der Waals surface area contributed by atoms with Crippen molar-refractivity contribution in [1.29, 1.82) is 0 Å². The molecule has 5 rings (SSSR count). The lowest BCUT2D eigenvalue weighted by Crippen LogP contribution is -2.32. The molecule has 172 valence electrons. The zero-order valence-electron chi connectivity index (χ0n) is 19.1. The first kappa shape index (κ1) is 21.9. The van der Waals surface area contributed by atoms with Crippen LogP contribution in [0.25, 0.3) is 5.69 Å². The van der Waals surface area contributed by atoms with Gasteiger partial charge in [-0.25, -0.2) is 4.98 Å². The third kappa shape index (κ3) is 4.60. The van der Waals surface area contributed by atoms with E-state index < -0.39 is 0 Å². The molecule has 1 saturated heterocycles. The zero-order chi connectivity index (χ0) is 22.8. The number of rotatable bonds is 5. The predicted octanol–water partition coefficient (Wildman–Crippen LogP) is 5.11. The van der Waals surface area contributed by atoms with Crippen LogP contribution in [0, 0.1) is 13.8 Å². The highest BCUT2D eigenvalue weighted by Gasteiger charge is 2.31. The van der Waals surface area contributed by atoms with Crippen molar-refractivity contribution in [3.05, 3.63) is 65.5 Å². The molecule has 1 amide bonds. The van der Waals surface area contributed by atoms with Gasteiger partial charge in [-0.3, -0.25) is 9.36 Å². The molecule has 33 heavy (non-hydrogen) atoms. The van der Waals surface area contributed by atoms with Crippen LogP contribution >= 0.6 is 11.8 Å². The van der Waals surface area contributed by atoms with Crippen LogP contribution in [0.5, 0.6) is 11.5 Å². The van der Waals surface area contributed by atoms with E-state index in [4.69, 9.17) is 9.47 Å². The number of imidazole rings is 1. The van der Waals surface area contributed by atoms with Crippen molar-refractivity contribution in [3.63, 3.8) is 0 Å². The largest absolute Gasteiger partial charge is 0.490 e. The number of carbonyl (C=O) groups is 1. The van der Waals surface area contributed by atoms with E-state index in [2.05, 4.69) is 53.7 Å². The van der Waals surface area contributed by atoms with Gasteiger partial charge in [0.2, 0.25) is 5.91 Å². The van der Waals surface area contributed by atoms with Crippen molar-refractivity contribution >= 4 is 17.7 Å². The molecule has 1 aromatic heterocycles. The quantitative estimate of drug-likeness (QED) is 0.493. The van der Waals surface area contributed by atoms with Gasteiger partial charge in [0.05, 0.1) is 25.0 Å². The average molecular weight is 464 g/mol. The lowest BCUT2D eigenvalue weighted by atomic mass is 10.0. The molecule has 1 atom stereocenters. The first-order chi connectivity index (χ1) is 16.1. The minimum absolute atomic E-state index is 0.0785. The Morgan fingerprint density at radius 2 is 1.91 bits per heavy atom. The third-order valence-electron chi connectivity index (χ3n) is 6.43. The molecule has 0 N–H and O–H groups in total. The maximum Gasteiger partial charge on any atom is 0.233 e. The summed E-state index contributed by atoms with van der Waals surface area (Å²) in [6.45, 7) is 6.34. The second-order valence-corrected chi connectivity index (χ2v) is 9.58. The Kier molecular flexibility index (Phi) is 6.31. The molecule has 1 unspecified atom stereocenters. The molecule has 0 saturated carbocycles. The van der Waals surface area contributed by atoms with Crippen LogP contribution in [0.15, 0.2) is 53.9 Å². The molecule has 1 fully saturated rings. The molecule has 7 heteroatoms. The van der Waals surface area contributed by atoms with E-state index in [1.165, 1.54) is 22.9 Å². The standard InChI is InChI=1S/C26H29N3O3S/c1-18-6-8-21(15-19(18)2)28-12-10-27-26(28)33-17-25(30)29-11-3-5-22(29)20-7-9-23-24(16-20)32-14-4-13-31-23/h6-10,12,15-16,22H,3-5,11,13-14,17H2,1-2H3. The monoisotopic (exact) mass is 463 g/mol. The molecular weight excluding hydrogens is 434 g/mol. The maximum atomic E-state index is 13.2. The molecule has 0 bridgehead atoms. The minimum Gasteiger partial charge on any atom is -0.490 e. The molecule has 2 aliphatic heterocycles. The van der Waals surface area contributed by atoms with Gasteiger partial charge >= 0.3 is 0 Å². The summed E-state index contributed by atoms with van der Waals surface area (Å²) >= 11 is 1.49. The van der Waals surface area contributed by atoms with Crippen molar-refractivity contribution in [2.45, 2.75) is 44.3 Å². The number of benzene rings is 2. The Balaban J connectivity index is 1.28. The van der Waals surface area contributed by atoms with Gasteiger partial charge in [0.1, 0.15) is 0 Å². The number of aryl methyl sites for hydroxylation is 2. The first-order valence-corrected chi connectivity index (χ1v) is 12.5. The normalized spacial score (nSPS) is 17.8. The summed E-state index contributed by atoms with van der Waals surface area (Å²) in [6.07, 6.45) is 6.60. The SMILES string of the molecule is Cc1ccc(-n2ccnc2SCC(=O)N2CCCC2c2ccc3c(c2)OCCCO3)cc1C. The number of aromatic nitrogens is 2. The number of carbonyl (C=O) groups excluding carboxylic acids is 1. The summed E-state index contributed by atoms with van der Waals surface area (Å²) in [6, 6.07) is 12.6. The Labute approximate surface area is 198 Å². The molecule has 3 heterocycles. The Bertz CT molecular complexity index is 1160. The first-order valence-electron chi connectivity index (χ1n) is 11.5. The van der Waals surface area contributed by atoms with Gasteiger partial charge in [0.25, 0.3) is 0 Å². The van der Waals surface area contributed by atoms with Crippen LogP contribution in [-0.4, -0.2) is 45.9 Å². The topological polar surface area (TPSA) is 56.6 Å². The smallest absolute Gasteiger partial charge is 0.233 e. The fourth-order valence-electron chi connectivity index (χ4n) is 4.48. The Hall–Kier alpha value is -2.93. The number of thioether (sulfide) groups is 1. The molecule has 2 aliphatic rings. The Morgan fingerprint density at radius 3 is 2.76 bits per heavy atom. The number of likely N-dealkylation sites (tertiary alicyclic amines) is 1. The number of hydrogen-bond donors (Lipinski definition) is 0. The highest BCUT2D eigenvalue weighted by Crippen LogP contribution is 2.38. The van der Waals surface area contributed by atoms with Crippen molar-refractivity contribution in [2.75, 3.05) is 25.5 Å². The Morgan fingerprint density at radius 1 is 1.06 bits per heavy atom. The van der Waals surface area contributed by atoms with Crippen LogP contribution < -0.4 is 9.47 Å². The third-order valence-corrected chi connectivity index (χ3v) is 7.38. The van der Waals surface area contributed by atoms with Gasteiger partial charge in [0, 0.05) is 31.0 Å². The van der Waals surface area contributed by atoms with Crippen LogP contribution in [0.1, 0.15) is 42.0 Å². The van der Waals surface area contributed by atoms with Crippen LogP contribution in [-0.2, 0) is 4.79 Å². The van der Waals surface area contributed by atoms with Gasteiger partial charge in [-0.1, -0.05) is 23.9 Å². The van der Waals surface area contributed by atoms with Gasteiger partial charge in [-0.05, 0) is 67.6 Å².